The molecule has 5 heteroatoms. The molecule has 1 amide bonds. The third-order valence-corrected chi connectivity index (χ3v) is 4.74. The fourth-order valence-electron chi connectivity index (χ4n) is 3.12. The zero-order valence-electron chi connectivity index (χ0n) is 14.1. The number of anilines is 1. The van der Waals surface area contributed by atoms with Crippen LogP contribution >= 0.6 is 0 Å². The number of fused-ring (bicyclic) bond motifs is 1. The van der Waals surface area contributed by atoms with E-state index in [2.05, 4.69) is 5.32 Å². The summed E-state index contributed by atoms with van der Waals surface area (Å²) < 4.78 is 0. The van der Waals surface area contributed by atoms with E-state index in [-0.39, 0.29) is 24.4 Å². The zero-order chi connectivity index (χ0) is 17.0. The molecule has 2 rings (SSSR count). The van der Waals surface area contributed by atoms with Crippen LogP contribution in [0.15, 0.2) is 24.3 Å². The summed E-state index contributed by atoms with van der Waals surface area (Å²) in [6.45, 7) is 5.92. The Morgan fingerprint density at radius 1 is 1.39 bits per heavy atom. The summed E-state index contributed by atoms with van der Waals surface area (Å²) in [6, 6.07) is 7.37. The van der Waals surface area contributed by atoms with Crippen LogP contribution in [0.3, 0.4) is 0 Å². The first-order valence-electron chi connectivity index (χ1n) is 8.31. The van der Waals surface area contributed by atoms with Gasteiger partial charge in [-0.05, 0) is 37.3 Å². The van der Waals surface area contributed by atoms with E-state index in [1.54, 1.807) is 4.90 Å². The van der Waals surface area contributed by atoms with Crippen molar-refractivity contribution in [1.29, 1.82) is 0 Å². The lowest BCUT2D eigenvalue weighted by Crippen LogP contribution is -2.50. The molecule has 126 valence electrons. The number of carboxylic acid groups (broad SMARTS) is 1. The molecular formula is C18H26N2O3. The highest BCUT2D eigenvalue weighted by atomic mass is 16.4. The van der Waals surface area contributed by atoms with Crippen LogP contribution < -0.4 is 10.2 Å². The predicted molar refractivity (Wildman–Crippen MR) is 90.6 cm³/mol. The molecule has 1 heterocycles. The molecule has 23 heavy (non-hydrogen) atoms. The van der Waals surface area contributed by atoms with Crippen molar-refractivity contribution in [3.8, 4) is 0 Å². The number of benzene rings is 1. The highest BCUT2D eigenvalue weighted by Crippen LogP contribution is 2.30. The normalized spacial score (nSPS) is 19.8. The van der Waals surface area contributed by atoms with E-state index in [0.717, 1.165) is 24.9 Å². The predicted octanol–water partition coefficient (Wildman–Crippen LogP) is 2.44. The van der Waals surface area contributed by atoms with Gasteiger partial charge in [0.1, 0.15) is 6.04 Å². The van der Waals surface area contributed by atoms with Crippen LogP contribution in [-0.2, 0) is 16.0 Å². The SMILES string of the molecule is CC[C@H](C)[C@H](NCC(=O)N1c2ccccc2CCC1C)C(=O)O. The number of para-hydroxylation sites is 1. The number of aryl methyl sites for hydroxylation is 1. The largest absolute Gasteiger partial charge is 0.480 e. The summed E-state index contributed by atoms with van der Waals surface area (Å²) in [7, 11) is 0. The summed E-state index contributed by atoms with van der Waals surface area (Å²) in [5, 5.41) is 12.2. The summed E-state index contributed by atoms with van der Waals surface area (Å²) in [5.41, 5.74) is 2.13. The number of aliphatic carboxylic acids is 1. The van der Waals surface area contributed by atoms with Gasteiger partial charge in [0.2, 0.25) is 5.91 Å². The van der Waals surface area contributed by atoms with Crippen molar-refractivity contribution < 1.29 is 14.7 Å². The van der Waals surface area contributed by atoms with E-state index in [4.69, 9.17) is 0 Å². The molecule has 1 aliphatic rings. The number of hydrogen-bond acceptors (Lipinski definition) is 3. The first kappa shape index (κ1) is 17.5. The molecule has 0 bridgehead atoms. The molecule has 0 saturated carbocycles. The smallest absolute Gasteiger partial charge is 0.320 e. The first-order valence-corrected chi connectivity index (χ1v) is 8.31. The van der Waals surface area contributed by atoms with Crippen molar-refractivity contribution in [1.82, 2.24) is 5.32 Å². The third-order valence-electron chi connectivity index (χ3n) is 4.74. The summed E-state index contributed by atoms with van der Waals surface area (Å²) in [6.07, 6.45) is 2.65. The van der Waals surface area contributed by atoms with E-state index >= 15 is 0 Å². The lowest BCUT2D eigenvalue weighted by molar-refractivity contribution is -0.140. The Hall–Kier alpha value is -1.88. The van der Waals surface area contributed by atoms with Gasteiger partial charge in [0.15, 0.2) is 0 Å². The van der Waals surface area contributed by atoms with Gasteiger partial charge in [-0.3, -0.25) is 14.9 Å². The highest BCUT2D eigenvalue weighted by molar-refractivity contribution is 5.96. The molecule has 3 atom stereocenters. The molecule has 0 spiro atoms. The van der Waals surface area contributed by atoms with Gasteiger partial charge in [-0.25, -0.2) is 0 Å². The molecule has 1 aromatic rings. The van der Waals surface area contributed by atoms with Crippen LogP contribution in [0.4, 0.5) is 5.69 Å². The summed E-state index contributed by atoms with van der Waals surface area (Å²) >= 11 is 0. The Labute approximate surface area is 137 Å². The second-order valence-corrected chi connectivity index (χ2v) is 6.36. The van der Waals surface area contributed by atoms with Crippen LogP contribution in [0, 0.1) is 5.92 Å². The molecule has 0 radical (unpaired) electrons. The fourth-order valence-corrected chi connectivity index (χ4v) is 3.12. The molecule has 0 saturated heterocycles. The number of nitrogens with one attached hydrogen (secondary N) is 1. The van der Waals surface area contributed by atoms with Gasteiger partial charge in [0, 0.05) is 11.7 Å². The number of amides is 1. The van der Waals surface area contributed by atoms with Crippen molar-refractivity contribution in [2.45, 2.75) is 52.1 Å². The minimum Gasteiger partial charge on any atom is -0.480 e. The molecule has 1 unspecified atom stereocenters. The van der Waals surface area contributed by atoms with Crippen molar-refractivity contribution in [2.24, 2.45) is 5.92 Å². The lowest BCUT2D eigenvalue weighted by atomic mass is 9.96. The van der Waals surface area contributed by atoms with Crippen molar-refractivity contribution in [3.05, 3.63) is 29.8 Å². The van der Waals surface area contributed by atoms with Crippen LogP contribution in [0.1, 0.15) is 39.2 Å². The molecule has 1 aromatic carbocycles. The Morgan fingerprint density at radius 2 is 2.09 bits per heavy atom. The van der Waals surface area contributed by atoms with Crippen molar-refractivity contribution >= 4 is 17.6 Å². The Morgan fingerprint density at radius 3 is 2.74 bits per heavy atom. The van der Waals surface area contributed by atoms with Gasteiger partial charge >= 0.3 is 5.97 Å². The van der Waals surface area contributed by atoms with Gasteiger partial charge in [0.05, 0.1) is 6.54 Å². The van der Waals surface area contributed by atoms with Crippen LogP contribution in [0.5, 0.6) is 0 Å². The quantitative estimate of drug-likeness (QED) is 0.845. The van der Waals surface area contributed by atoms with E-state index < -0.39 is 12.0 Å². The monoisotopic (exact) mass is 318 g/mol. The number of carboxylic acids is 1. The Bertz CT molecular complexity index is 573. The highest BCUT2D eigenvalue weighted by Gasteiger charge is 2.29. The second kappa shape index (κ2) is 7.59. The van der Waals surface area contributed by atoms with E-state index in [1.165, 1.54) is 5.56 Å². The summed E-state index contributed by atoms with van der Waals surface area (Å²) in [4.78, 5) is 25.9. The lowest BCUT2D eigenvalue weighted by Gasteiger charge is -2.35. The average molecular weight is 318 g/mol. The third kappa shape index (κ3) is 3.91. The number of carbonyl (C=O) groups is 2. The standard InChI is InChI=1S/C18H26N2O3/c1-4-12(2)17(18(22)23)19-11-16(21)20-13(3)9-10-14-7-5-6-8-15(14)20/h5-8,12-13,17,19H,4,9-11H2,1-3H3,(H,22,23)/t12-,13?,17-/m0/s1. The van der Waals surface area contributed by atoms with Crippen LogP contribution in [0.25, 0.3) is 0 Å². The van der Waals surface area contributed by atoms with Gasteiger partial charge in [-0.15, -0.1) is 0 Å². The van der Waals surface area contributed by atoms with Crippen molar-refractivity contribution in [3.63, 3.8) is 0 Å². The van der Waals surface area contributed by atoms with Crippen LogP contribution in [-0.4, -0.2) is 35.6 Å². The second-order valence-electron chi connectivity index (χ2n) is 6.36. The van der Waals surface area contributed by atoms with Crippen LogP contribution in [0.2, 0.25) is 0 Å². The molecule has 1 aliphatic heterocycles. The number of nitrogens with zero attached hydrogens (tertiary/aromatic N) is 1. The Kier molecular flexibility index (Phi) is 5.77. The maximum absolute atomic E-state index is 12.7. The molecule has 0 aliphatic carbocycles. The molecule has 0 fully saturated rings. The zero-order valence-corrected chi connectivity index (χ0v) is 14.1. The number of hydrogen-bond donors (Lipinski definition) is 2. The first-order chi connectivity index (χ1) is 11.0. The molecule has 2 N–H and O–H groups in total. The van der Waals surface area contributed by atoms with Gasteiger partial charge < -0.3 is 10.0 Å². The minimum absolute atomic E-state index is 0.0219. The molecule has 5 nitrogen and oxygen atoms in total. The maximum atomic E-state index is 12.7. The minimum atomic E-state index is -0.903. The van der Waals surface area contributed by atoms with E-state index in [0.29, 0.717) is 0 Å². The molecular weight excluding hydrogens is 292 g/mol. The van der Waals surface area contributed by atoms with Gasteiger partial charge in [-0.1, -0.05) is 38.5 Å². The number of rotatable bonds is 6. The Balaban J connectivity index is 2.10. The maximum Gasteiger partial charge on any atom is 0.320 e. The van der Waals surface area contributed by atoms with Gasteiger partial charge in [0.25, 0.3) is 0 Å². The van der Waals surface area contributed by atoms with Crippen molar-refractivity contribution in [2.75, 3.05) is 11.4 Å². The summed E-state index contributed by atoms with van der Waals surface area (Å²) in [5.74, 6) is -0.996. The van der Waals surface area contributed by atoms with E-state index in [1.807, 2.05) is 45.0 Å². The number of carbonyl (C=O) groups excluding carboxylic acids is 1. The van der Waals surface area contributed by atoms with Gasteiger partial charge in [-0.2, -0.15) is 0 Å². The van der Waals surface area contributed by atoms with E-state index in [9.17, 15) is 14.7 Å². The average Bonchev–Trinajstić information content (AvgIpc) is 2.54. The topological polar surface area (TPSA) is 69.6 Å². The fraction of sp³-hybridized carbons (Fsp3) is 0.556. The molecule has 0 aromatic heterocycles.